The fourth-order valence-electron chi connectivity index (χ4n) is 26.9. The van der Waals surface area contributed by atoms with Gasteiger partial charge in [0.2, 0.25) is 0 Å². The van der Waals surface area contributed by atoms with Crippen LogP contribution in [-0.2, 0) is 67.5 Å². The van der Waals surface area contributed by atoms with Gasteiger partial charge in [0.25, 0.3) is 0 Å². The average Bonchev–Trinajstić information content (AvgIpc) is 1.49. The minimum atomic E-state index is -2.23. The number of allylic oxidation sites excluding steroid dienone is 12. The number of nitrogens with two attached hydrogens (primary N) is 2. The summed E-state index contributed by atoms with van der Waals surface area (Å²) in [6.07, 6.45) is 8.22. The number of benzene rings is 6. The van der Waals surface area contributed by atoms with Crippen molar-refractivity contribution < 1.29 is 121 Å². The van der Waals surface area contributed by atoms with Crippen LogP contribution in [-0.4, -0.2) is 172 Å². The van der Waals surface area contributed by atoms with Crippen LogP contribution >= 0.6 is 0 Å². The Morgan fingerprint density at radius 2 is 0.784 bits per heavy atom. The third kappa shape index (κ3) is 14.9. The van der Waals surface area contributed by atoms with Gasteiger partial charge in [-0.3, -0.25) is 33.6 Å². The minimum absolute atomic E-state index is 0. The zero-order valence-electron chi connectivity index (χ0n) is 75.5. The second-order valence-corrected chi connectivity index (χ2v) is 40.3. The van der Waals surface area contributed by atoms with Crippen molar-refractivity contribution in [3.63, 3.8) is 0 Å². The van der Waals surface area contributed by atoms with Crippen molar-refractivity contribution in [2.45, 2.75) is 236 Å². The van der Waals surface area contributed by atoms with Crippen molar-refractivity contribution in [2.75, 3.05) is 31.3 Å². The number of alkyl halides is 3. The molecule has 0 unspecified atom stereocenters. The molecule has 134 heavy (non-hydrogen) atoms. The van der Waals surface area contributed by atoms with E-state index in [0.717, 1.165) is 28.7 Å². The van der Waals surface area contributed by atoms with Crippen LogP contribution in [0.4, 0.5) is 24.5 Å². The van der Waals surface area contributed by atoms with E-state index in [1.54, 1.807) is 76.2 Å². The second kappa shape index (κ2) is 35.7. The van der Waals surface area contributed by atoms with Gasteiger partial charge < -0.3 is 85.5 Å². The molecule has 26 atom stereocenters. The maximum atomic E-state index is 17.5. The highest BCUT2D eigenvalue weighted by atomic mass is 19.2. The summed E-state index contributed by atoms with van der Waals surface area (Å²) in [5.41, 5.74) is 2.86. The predicted octanol–water partition coefficient (Wildman–Crippen LogP) is 13.7. The highest BCUT2D eigenvalue weighted by Crippen LogP contribution is 2.76. The van der Waals surface area contributed by atoms with E-state index in [1.807, 2.05) is 130 Å². The number of nitrogen functional groups attached to an aromatic ring is 2. The first-order valence-electron chi connectivity index (χ1n) is 46.0. The fraction of sp³-hybridized carbons (Fsp3) is 0.486. The number of Topliss-reactive ketones (excluding diaryl/α,β-unsaturated/α-hetero) is 3. The molecule has 0 bridgehead atoms. The third-order valence-electron chi connectivity index (χ3n) is 33.9. The molecular weight excluding hydrogens is 1720 g/mol. The van der Waals surface area contributed by atoms with Crippen molar-refractivity contribution in [3.05, 3.63) is 256 Å². The summed E-state index contributed by atoms with van der Waals surface area (Å²) in [6.45, 7) is 11.3. The number of aryl methyl sites for hydroxylation is 1. The Labute approximate surface area is 777 Å². The predicted molar refractivity (Wildman–Crippen MR) is 489 cm³/mol. The number of rotatable bonds is 18. The Hall–Kier alpha value is -10.2. The molecule has 2 aliphatic heterocycles. The molecule has 2 saturated heterocycles. The van der Waals surface area contributed by atoms with E-state index in [-0.39, 0.29) is 62.3 Å². The molecule has 11 fully saturated rings. The van der Waals surface area contributed by atoms with Gasteiger partial charge in [0, 0.05) is 90.4 Å². The van der Waals surface area contributed by atoms with Crippen LogP contribution in [0.15, 0.2) is 217 Å². The number of carbonyl (C=O) groups is 7. The van der Waals surface area contributed by atoms with Gasteiger partial charge in [-0.15, -0.1) is 0 Å². The lowest BCUT2D eigenvalue weighted by Gasteiger charge is -2.62. The van der Waals surface area contributed by atoms with Crippen molar-refractivity contribution in [1.29, 1.82) is 0 Å². The summed E-state index contributed by atoms with van der Waals surface area (Å²) in [5, 5.41) is 85.8. The molecule has 0 amide bonds. The van der Waals surface area contributed by atoms with E-state index in [9.17, 15) is 74.4 Å². The van der Waals surface area contributed by atoms with Crippen molar-refractivity contribution >= 4 is 52.4 Å². The van der Waals surface area contributed by atoms with Gasteiger partial charge in [-0.05, 0) is 218 Å². The zero-order chi connectivity index (χ0) is 94.9. The highest BCUT2D eigenvalue weighted by molar-refractivity contribution is 6.03. The first kappa shape index (κ1) is 96.9. The van der Waals surface area contributed by atoms with E-state index in [4.69, 9.17) is 44.6 Å². The van der Waals surface area contributed by atoms with Gasteiger partial charge in [-0.25, -0.2) is 13.2 Å². The number of ketones is 6. The van der Waals surface area contributed by atoms with Crippen LogP contribution in [0.25, 0.3) is 0 Å². The van der Waals surface area contributed by atoms with E-state index in [0.29, 0.717) is 127 Å². The first-order valence-corrected chi connectivity index (χ1v) is 46.0. The number of carbonyl (C=O) groups excluding carboxylic acids is 7. The molecule has 712 valence electrons. The molecule has 12 aliphatic carbocycles. The number of anilines is 2. The van der Waals surface area contributed by atoms with Crippen LogP contribution in [0.3, 0.4) is 0 Å². The smallest absolute Gasteiger partial charge is 0.193 e. The molecule has 9 saturated carbocycles. The van der Waals surface area contributed by atoms with Gasteiger partial charge in [0.15, 0.2) is 81.1 Å². The lowest BCUT2D eigenvalue weighted by molar-refractivity contribution is -0.231. The van der Waals surface area contributed by atoms with Crippen molar-refractivity contribution in [1.82, 2.24) is 0 Å². The van der Waals surface area contributed by atoms with Crippen LogP contribution < -0.4 is 25.7 Å². The maximum absolute atomic E-state index is 17.5. The van der Waals surface area contributed by atoms with E-state index in [2.05, 4.69) is 0 Å². The highest BCUT2D eigenvalue weighted by Gasteiger charge is 2.83. The summed E-state index contributed by atoms with van der Waals surface area (Å²) >= 11 is 0. The number of aliphatic hydroxyl groups is 8. The number of hydrogen-bond donors (Lipinski definition) is 10. The number of aliphatic hydroxyl groups excluding tert-OH is 7. The molecule has 0 aromatic heterocycles. The Morgan fingerprint density at radius 1 is 0.448 bits per heavy atom. The molecule has 0 radical (unpaired) electrons. The molecule has 6 aromatic carbocycles. The summed E-state index contributed by atoms with van der Waals surface area (Å²) in [5.74, 6) is -3.49. The largest absolute Gasteiger partial charge is 0.489 e. The minimum Gasteiger partial charge on any atom is -0.489 e. The number of hydrogen-bond acceptors (Lipinski definition) is 24. The molecule has 2 heterocycles. The van der Waals surface area contributed by atoms with Crippen LogP contribution in [0.1, 0.15) is 182 Å². The molecule has 24 nitrogen and oxygen atoms in total. The second-order valence-electron chi connectivity index (χ2n) is 40.3. The normalized spacial score (nSPS) is 38.8. The Bertz CT molecular complexity index is 5550. The number of fused-ring (bicyclic) bond motifs is 19. The van der Waals surface area contributed by atoms with Gasteiger partial charge in [-0.1, -0.05) is 160 Å². The summed E-state index contributed by atoms with van der Waals surface area (Å²) in [6, 6.07) is 44.7. The Kier molecular flexibility index (Phi) is 25.8. The van der Waals surface area contributed by atoms with E-state index >= 15 is 13.2 Å². The van der Waals surface area contributed by atoms with Crippen molar-refractivity contribution in [3.8, 4) is 17.2 Å². The number of halogens is 3. The molecular formula is C107H121F3N2O22. The fourth-order valence-corrected chi connectivity index (χ4v) is 26.9. The van der Waals surface area contributed by atoms with Crippen LogP contribution in [0.5, 0.6) is 17.2 Å². The monoisotopic (exact) mass is 1840 g/mol. The van der Waals surface area contributed by atoms with E-state index in [1.165, 1.54) is 48.1 Å². The van der Waals surface area contributed by atoms with E-state index < -0.39 is 176 Å². The van der Waals surface area contributed by atoms with Gasteiger partial charge >= 0.3 is 0 Å². The Morgan fingerprint density at radius 3 is 1.13 bits per heavy atom. The van der Waals surface area contributed by atoms with Gasteiger partial charge in [-0.2, -0.15) is 0 Å². The number of aldehydes is 1. The maximum Gasteiger partial charge on any atom is 0.193 e. The molecule has 0 spiro atoms. The van der Waals surface area contributed by atoms with Gasteiger partial charge in [0.1, 0.15) is 63.2 Å². The molecule has 20 rings (SSSR count). The topological polar surface area (TPSA) is 398 Å². The van der Waals surface area contributed by atoms with Crippen LogP contribution in [0.2, 0.25) is 0 Å². The lowest BCUT2D eigenvalue weighted by atomic mass is 9.44. The third-order valence-corrected chi connectivity index (χ3v) is 33.9. The van der Waals surface area contributed by atoms with Crippen molar-refractivity contribution in [2.24, 2.45) is 68.0 Å². The summed E-state index contributed by atoms with van der Waals surface area (Å²) in [4.78, 5) is 86.4. The molecule has 6 aromatic rings. The van der Waals surface area contributed by atoms with Crippen LogP contribution in [0, 0.1) is 74.9 Å². The standard InChI is InChI=1S/2C35H38FNO7.C21H27FO6.C15H14O2.CH4/c2*1-32-13-12-24(39)14-22(32)10-11-26-27-16-30-35(29(41)18-38,33(27,2)17-28(40)34(26,32)36)44-31(43-30)21-8-6-20(7-9-21)19-42-25-5-3-4-23(37)15-25;1-18-6-5-12(24)7-11(18)3-4-13-14-8-15(25)21(28,17(27)10-23)19(14,2)9-16(26)20(13,18)22;1-12-3-2-4-15(9-12)17-11-14-7-5-13(10-16)6-8-14;/h2*3-9,12-15,26-28,30-31,38,40H,10-11,16-19,37H2,1-2H3;5-7,13-16,23,25-26,28H,3-4,8-10H2,1-2H3;2-10H,11H2,1H3;1H4/t26-,27-,28-,30+,31+,32-,33-,34-,35+;26-,27-,28-,30+,31-,32-,33-,34-,35+;13-,14-,15+,16-,18-,19-,20-,21-;;/m000../s1. The summed E-state index contributed by atoms with van der Waals surface area (Å²) < 4.78 is 95.3. The molecule has 27 heteroatoms. The molecule has 12 N–H and O–H groups in total. The number of ether oxygens (including phenoxy) is 7. The SMILES string of the molecule is C.C[C@]12C=CC(=O)C=C1CC[C@H]1[C@@H]3C[C@@H](O)[C@](O)(C(=O)CO)[C@@]3(C)C[C@H](O)[C@@]12F.C[C@]12C=CC(=O)C=C1CC[C@H]1[C@@H]3C[C@H]4O[C@@H](c5ccc(COc6cccc(N)c6)cc5)O[C@@]4(C(=O)CO)[C@@]3(C)C[C@H](O)[C@@]12F.C[C@]12C=CC(=O)C=C1CC[C@H]1[C@@H]3C[C@H]4O[C@H](c5ccc(COc6cccc(N)c6)cc5)O[C@@]4(C(=O)CO)[C@@]3(C)C[C@H](O)[C@@]12F.Cc1cccc(OCc2ccc(C=O)cc2)c1. The quantitative estimate of drug-likeness (QED) is 0.0282. The first-order chi connectivity index (χ1) is 63.2. The van der Waals surface area contributed by atoms with Gasteiger partial charge in [0.05, 0.1) is 36.6 Å². The summed E-state index contributed by atoms with van der Waals surface area (Å²) in [7, 11) is 0. The Balaban J connectivity index is 0.000000137. The zero-order valence-corrected chi connectivity index (χ0v) is 75.5. The molecule has 14 aliphatic rings. The average molecular weight is 1840 g/mol. The lowest BCUT2D eigenvalue weighted by Crippen LogP contribution is -2.69.